The van der Waals surface area contributed by atoms with Gasteiger partial charge in [0.05, 0.1) is 6.54 Å². The van der Waals surface area contributed by atoms with Crippen LogP contribution < -0.4 is 0 Å². The second-order valence-electron chi connectivity index (χ2n) is 4.67. The highest BCUT2D eigenvalue weighted by atomic mass is 35.5. The monoisotopic (exact) mass is 297 g/mol. The van der Waals surface area contributed by atoms with Crippen LogP contribution in [-0.2, 0) is 16.9 Å². The number of ether oxygens (including phenoxy) is 1. The van der Waals surface area contributed by atoms with Gasteiger partial charge in [-0.25, -0.2) is 14.1 Å². The molecular formula is C14H17ClFN3O. The van der Waals surface area contributed by atoms with E-state index in [0.29, 0.717) is 11.6 Å². The van der Waals surface area contributed by atoms with Crippen LogP contribution in [0.15, 0.2) is 30.9 Å². The summed E-state index contributed by atoms with van der Waals surface area (Å²) in [5.74, 6) is -0.360. The molecule has 1 atom stereocenters. The van der Waals surface area contributed by atoms with Crippen molar-refractivity contribution < 1.29 is 9.13 Å². The Hall–Kier alpha value is -1.46. The van der Waals surface area contributed by atoms with E-state index in [1.54, 1.807) is 24.2 Å². The quantitative estimate of drug-likeness (QED) is 0.820. The van der Waals surface area contributed by atoms with Gasteiger partial charge in [0.1, 0.15) is 24.1 Å². The third kappa shape index (κ3) is 2.99. The number of methoxy groups -OCH3 is 1. The lowest BCUT2D eigenvalue weighted by Crippen LogP contribution is -2.34. The van der Waals surface area contributed by atoms with Crippen LogP contribution in [0.25, 0.3) is 0 Å². The van der Waals surface area contributed by atoms with Crippen LogP contribution in [0.1, 0.15) is 25.3 Å². The first-order chi connectivity index (χ1) is 9.61. The van der Waals surface area contributed by atoms with Crippen LogP contribution in [-0.4, -0.2) is 21.9 Å². The fourth-order valence-corrected chi connectivity index (χ4v) is 2.75. The minimum absolute atomic E-state index is 0.360. The van der Waals surface area contributed by atoms with Crippen LogP contribution >= 0.6 is 11.6 Å². The Bertz CT molecular complexity index is 562. The first kappa shape index (κ1) is 14.9. The van der Waals surface area contributed by atoms with Crippen molar-refractivity contribution in [1.82, 2.24) is 14.8 Å². The second-order valence-corrected chi connectivity index (χ2v) is 5.07. The van der Waals surface area contributed by atoms with Gasteiger partial charge in [-0.3, -0.25) is 0 Å². The van der Waals surface area contributed by atoms with E-state index in [2.05, 4.69) is 17.0 Å². The molecule has 1 heterocycles. The lowest BCUT2D eigenvalue weighted by Gasteiger charge is -2.33. The Labute approximate surface area is 122 Å². The molecule has 1 aromatic carbocycles. The zero-order chi connectivity index (χ0) is 14.6. The molecule has 20 heavy (non-hydrogen) atoms. The van der Waals surface area contributed by atoms with E-state index < -0.39 is 5.60 Å². The predicted molar refractivity (Wildman–Crippen MR) is 75.0 cm³/mol. The van der Waals surface area contributed by atoms with Crippen molar-refractivity contribution in [3.05, 3.63) is 47.3 Å². The van der Waals surface area contributed by atoms with Gasteiger partial charge in [0, 0.05) is 17.7 Å². The summed E-state index contributed by atoms with van der Waals surface area (Å²) in [6, 6.07) is 4.38. The summed E-state index contributed by atoms with van der Waals surface area (Å²) < 4.78 is 20.7. The molecule has 0 aliphatic heterocycles. The Morgan fingerprint density at radius 3 is 2.80 bits per heavy atom. The van der Waals surface area contributed by atoms with Gasteiger partial charge >= 0.3 is 0 Å². The number of halogens is 2. The van der Waals surface area contributed by atoms with Gasteiger partial charge in [0.15, 0.2) is 0 Å². The van der Waals surface area contributed by atoms with E-state index in [9.17, 15) is 4.39 Å². The topological polar surface area (TPSA) is 39.9 Å². The van der Waals surface area contributed by atoms with E-state index in [1.165, 1.54) is 18.5 Å². The number of hydrogen-bond donors (Lipinski definition) is 0. The molecule has 6 heteroatoms. The van der Waals surface area contributed by atoms with E-state index in [0.717, 1.165) is 18.4 Å². The van der Waals surface area contributed by atoms with Crippen molar-refractivity contribution in [3.8, 4) is 0 Å². The van der Waals surface area contributed by atoms with E-state index >= 15 is 0 Å². The highest BCUT2D eigenvalue weighted by molar-refractivity contribution is 6.31. The van der Waals surface area contributed by atoms with Crippen LogP contribution in [0.5, 0.6) is 0 Å². The fraction of sp³-hybridized carbons (Fsp3) is 0.429. The maximum atomic E-state index is 13.2. The fourth-order valence-electron chi connectivity index (χ4n) is 2.41. The summed E-state index contributed by atoms with van der Waals surface area (Å²) in [5, 5.41) is 4.47. The number of rotatable bonds is 6. The molecule has 1 unspecified atom stereocenters. The molecular weight excluding hydrogens is 281 g/mol. The molecule has 0 saturated carbocycles. The van der Waals surface area contributed by atoms with Crippen molar-refractivity contribution in [2.75, 3.05) is 7.11 Å². The third-order valence-electron chi connectivity index (χ3n) is 3.35. The van der Waals surface area contributed by atoms with Crippen LogP contribution in [0.4, 0.5) is 4.39 Å². The zero-order valence-electron chi connectivity index (χ0n) is 11.5. The average Bonchev–Trinajstić information content (AvgIpc) is 2.91. The smallest absolute Gasteiger partial charge is 0.137 e. The summed E-state index contributed by atoms with van der Waals surface area (Å²) in [6.45, 7) is 2.54. The maximum Gasteiger partial charge on any atom is 0.137 e. The molecule has 0 amide bonds. The van der Waals surface area contributed by atoms with Crippen molar-refractivity contribution >= 4 is 11.6 Å². The molecule has 0 aliphatic rings. The summed E-state index contributed by atoms with van der Waals surface area (Å²) >= 11 is 6.20. The first-order valence-corrected chi connectivity index (χ1v) is 6.82. The summed E-state index contributed by atoms with van der Waals surface area (Å²) in [7, 11) is 1.63. The van der Waals surface area contributed by atoms with Crippen molar-refractivity contribution in [2.24, 2.45) is 0 Å². The predicted octanol–water partition coefficient (Wildman–Crippen LogP) is 3.41. The molecule has 0 spiro atoms. The molecule has 0 saturated heterocycles. The molecule has 0 fully saturated rings. The average molecular weight is 298 g/mol. The lowest BCUT2D eigenvalue weighted by molar-refractivity contribution is -0.0397. The number of nitrogens with zero attached hydrogens (tertiary/aromatic N) is 3. The number of hydrogen-bond acceptors (Lipinski definition) is 3. The number of benzene rings is 1. The van der Waals surface area contributed by atoms with Gasteiger partial charge in [-0.1, -0.05) is 31.0 Å². The van der Waals surface area contributed by atoms with E-state index in [4.69, 9.17) is 16.3 Å². The van der Waals surface area contributed by atoms with Gasteiger partial charge in [0.2, 0.25) is 0 Å². The number of aromatic nitrogens is 3. The van der Waals surface area contributed by atoms with Crippen LogP contribution in [0.3, 0.4) is 0 Å². The molecule has 0 aliphatic carbocycles. The minimum atomic E-state index is -0.646. The van der Waals surface area contributed by atoms with Crippen molar-refractivity contribution in [3.63, 3.8) is 0 Å². The van der Waals surface area contributed by atoms with Gasteiger partial charge in [-0.05, 0) is 18.6 Å². The van der Waals surface area contributed by atoms with Gasteiger partial charge in [-0.2, -0.15) is 5.10 Å². The standard InChI is InChI=1S/C14H17ClFN3O/c1-3-6-14(20-2,8-19-10-17-9-18-19)12-5-4-11(16)7-13(12)15/h4-5,7,9-10H,3,6,8H2,1-2H3. The minimum Gasteiger partial charge on any atom is -0.372 e. The highest BCUT2D eigenvalue weighted by Gasteiger charge is 2.34. The van der Waals surface area contributed by atoms with Crippen LogP contribution in [0.2, 0.25) is 5.02 Å². The third-order valence-corrected chi connectivity index (χ3v) is 3.66. The summed E-state index contributed by atoms with van der Waals surface area (Å²) in [6.07, 6.45) is 4.74. The van der Waals surface area contributed by atoms with Crippen molar-refractivity contribution in [2.45, 2.75) is 31.9 Å². The van der Waals surface area contributed by atoms with Crippen molar-refractivity contribution in [1.29, 1.82) is 0 Å². The molecule has 1 aromatic heterocycles. The van der Waals surface area contributed by atoms with E-state index in [-0.39, 0.29) is 5.82 Å². The molecule has 0 bridgehead atoms. The molecule has 108 valence electrons. The Balaban J connectivity index is 2.44. The maximum absolute atomic E-state index is 13.2. The molecule has 2 aromatic rings. The normalized spacial score (nSPS) is 14.2. The van der Waals surface area contributed by atoms with Gasteiger partial charge < -0.3 is 4.74 Å². The first-order valence-electron chi connectivity index (χ1n) is 6.44. The molecule has 0 radical (unpaired) electrons. The highest BCUT2D eigenvalue weighted by Crippen LogP contribution is 2.36. The Morgan fingerprint density at radius 2 is 2.25 bits per heavy atom. The molecule has 0 N–H and O–H groups in total. The summed E-state index contributed by atoms with van der Waals surface area (Å²) in [4.78, 5) is 3.93. The lowest BCUT2D eigenvalue weighted by atomic mass is 9.88. The van der Waals surface area contributed by atoms with Gasteiger partial charge in [0.25, 0.3) is 0 Å². The SMILES string of the molecule is CCCC(Cn1cncn1)(OC)c1ccc(F)cc1Cl. The Morgan fingerprint density at radius 1 is 1.45 bits per heavy atom. The summed E-state index contributed by atoms with van der Waals surface area (Å²) in [5.41, 5.74) is 0.119. The molecule has 2 rings (SSSR count). The van der Waals surface area contributed by atoms with Gasteiger partial charge in [-0.15, -0.1) is 0 Å². The molecule has 4 nitrogen and oxygen atoms in total. The second kappa shape index (κ2) is 6.33. The Kier molecular flexibility index (Phi) is 4.73. The largest absolute Gasteiger partial charge is 0.372 e. The zero-order valence-corrected chi connectivity index (χ0v) is 12.3. The van der Waals surface area contributed by atoms with E-state index in [1.807, 2.05) is 0 Å². The van der Waals surface area contributed by atoms with Crippen LogP contribution in [0, 0.1) is 5.82 Å².